The van der Waals surface area contributed by atoms with E-state index in [-0.39, 0.29) is 5.75 Å². The van der Waals surface area contributed by atoms with Crippen molar-refractivity contribution in [2.75, 3.05) is 5.75 Å². The Morgan fingerprint density at radius 2 is 1.53 bits per heavy atom. The van der Waals surface area contributed by atoms with Gasteiger partial charge in [0.25, 0.3) is 0 Å². The van der Waals surface area contributed by atoms with Gasteiger partial charge in [0.2, 0.25) is 0 Å². The van der Waals surface area contributed by atoms with Crippen molar-refractivity contribution in [1.29, 1.82) is 0 Å². The number of halogens is 6. The number of esters is 1. The summed E-state index contributed by atoms with van der Waals surface area (Å²) in [6, 6.07) is 0. The van der Waals surface area contributed by atoms with Crippen LogP contribution in [0.5, 0.6) is 0 Å². The van der Waals surface area contributed by atoms with Crippen LogP contribution in [0.1, 0.15) is 19.8 Å². The van der Waals surface area contributed by atoms with Crippen molar-refractivity contribution in [3.8, 4) is 0 Å². The molecule has 2 nitrogen and oxygen atoms in total. The van der Waals surface area contributed by atoms with Crippen LogP contribution in [0.2, 0.25) is 0 Å². The molecule has 0 aromatic heterocycles. The van der Waals surface area contributed by atoms with Crippen LogP contribution in [0.3, 0.4) is 0 Å². The van der Waals surface area contributed by atoms with E-state index >= 15 is 0 Å². The molecule has 0 saturated carbocycles. The van der Waals surface area contributed by atoms with E-state index in [0.29, 0.717) is 6.92 Å². The molecule has 102 valence electrons. The van der Waals surface area contributed by atoms with E-state index in [2.05, 4.69) is 17.4 Å². The monoisotopic (exact) mass is 284 g/mol. The molecule has 0 bridgehead atoms. The van der Waals surface area contributed by atoms with Gasteiger partial charge in [-0.15, -0.1) is 0 Å². The fraction of sp³-hybridized carbons (Fsp3) is 0.875. The molecule has 0 aromatic rings. The van der Waals surface area contributed by atoms with Crippen LogP contribution in [-0.2, 0) is 9.53 Å². The molecule has 0 amide bonds. The lowest BCUT2D eigenvalue weighted by Gasteiger charge is -2.36. The molecule has 0 aliphatic rings. The molecule has 9 heteroatoms. The summed E-state index contributed by atoms with van der Waals surface area (Å²) in [5, 5.41) is 0. The first-order chi connectivity index (χ1) is 7.48. The molecule has 0 heterocycles. The highest BCUT2D eigenvalue weighted by molar-refractivity contribution is 7.80. The third-order valence-electron chi connectivity index (χ3n) is 1.92. The molecule has 0 rings (SSSR count). The summed E-state index contributed by atoms with van der Waals surface area (Å²) in [6.45, 7) is 0.493. The summed E-state index contributed by atoms with van der Waals surface area (Å²) < 4.78 is 78.7. The third kappa shape index (κ3) is 3.68. The smallest absolute Gasteiger partial charge is 0.437 e. The zero-order valence-corrected chi connectivity index (χ0v) is 9.55. The summed E-state index contributed by atoms with van der Waals surface area (Å²) in [5.41, 5.74) is -4.45. The molecule has 0 aromatic carbocycles. The Bertz CT molecular complexity index is 258. The summed E-state index contributed by atoms with van der Waals surface area (Å²) in [6.07, 6.45) is -13.3. The molecular formula is C8H10F6O2S. The predicted molar refractivity (Wildman–Crippen MR) is 49.7 cm³/mol. The Morgan fingerprint density at radius 3 is 1.76 bits per heavy atom. The van der Waals surface area contributed by atoms with E-state index in [1.807, 2.05) is 0 Å². The Balaban J connectivity index is 5.46. The van der Waals surface area contributed by atoms with Crippen LogP contribution in [0, 0.1) is 0 Å². The van der Waals surface area contributed by atoms with Crippen molar-refractivity contribution >= 4 is 18.6 Å². The van der Waals surface area contributed by atoms with Crippen LogP contribution in [0.25, 0.3) is 0 Å². The first kappa shape index (κ1) is 16.4. The Hall–Kier alpha value is -0.600. The van der Waals surface area contributed by atoms with Crippen molar-refractivity contribution in [1.82, 2.24) is 0 Å². The van der Waals surface area contributed by atoms with Gasteiger partial charge in [0, 0.05) is 13.3 Å². The van der Waals surface area contributed by atoms with Gasteiger partial charge in [-0.1, -0.05) is 0 Å². The predicted octanol–water partition coefficient (Wildman–Crippen LogP) is 3.12. The van der Waals surface area contributed by atoms with Crippen LogP contribution in [-0.4, -0.2) is 29.7 Å². The fourth-order valence-corrected chi connectivity index (χ4v) is 1.34. The highest BCUT2D eigenvalue weighted by Gasteiger charge is 2.73. The zero-order valence-electron chi connectivity index (χ0n) is 8.65. The van der Waals surface area contributed by atoms with Crippen LogP contribution < -0.4 is 0 Å². The number of ether oxygens (including phenoxy) is 1. The second-order valence-electron chi connectivity index (χ2n) is 3.24. The lowest BCUT2D eigenvalue weighted by atomic mass is 9.96. The summed E-state index contributed by atoms with van der Waals surface area (Å²) in [4.78, 5) is 10.5. The van der Waals surface area contributed by atoms with Gasteiger partial charge in [0.15, 0.2) is 0 Å². The molecular weight excluding hydrogens is 274 g/mol. The molecule has 0 unspecified atom stereocenters. The maximum Gasteiger partial charge on any atom is 0.437 e. The van der Waals surface area contributed by atoms with E-state index in [0.717, 1.165) is 0 Å². The van der Waals surface area contributed by atoms with Crippen molar-refractivity contribution < 1.29 is 35.9 Å². The van der Waals surface area contributed by atoms with Gasteiger partial charge < -0.3 is 4.74 Å². The van der Waals surface area contributed by atoms with Crippen LogP contribution in [0.15, 0.2) is 0 Å². The van der Waals surface area contributed by atoms with Crippen LogP contribution >= 0.6 is 12.6 Å². The Labute approximate surface area is 98.7 Å². The minimum absolute atomic E-state index is 0.185. The number of carbonyl (C=O) groups excluding carboxylic acids is 1. The average Bonchev–Trinajstić information content (AvgIpc) is 2.07. The number of carbonyl (C=O) groups is 1. The topological polar surface area (TPSA) is 26.3 Å². The average molecular weight is 284 g/mol. The lowest BCUT2D eigenvalue weighted by Crippen LogP contribution is -2.59. The zero-order chi connectivity index (χ0) is 13.9. The van der Waals surface area contributed by atoms with Gasteiger partial charge in [-0.25, -0.2) is 0 Å². The molecule has 0 spiro atoms. The SMILES string of the molecule is CC(=O)OC(CCCS)(C(F)(F)F)C(F)(F)F. The molecule has 0 aliphatic carbocycles. The molecule has 0 radical (unpaired) electrons. The van der Waals surface area contributed by atoms with E-state index in [1.54, 1.807) is 0 Å². The normalized spacial score (nSPS) is 13.6. The van der Waals surface area contributed by atoms with E-state index in [1.165, 1.54) is 0 Å². The largest absolute Gasteiger partial charge is 0.440 e. The van der Waals surface area contributed by atoms with Gasteiger partial charge in [-0.05, 0) is 12.2 Å². The summed E-state index contributed by atoms with van der Waals surface area (Å²) in [7, 11) is 0. The lowest BCUT2D eigenvalue weighted by molar-refractivity contribution is -0.371. The molecule has 0 fully saturated rings. The van der Waals surface area contributed by atoms with Gasteiger partial charge in [0.05, 0.1) is 0 Å². The number of alkyl halides is 6. The minimum Gasteiger partial charge on any atom is -0.440 e. The minimum atomic E-state index is -5.72. The summed E-state index contributed by atoms with van der Waals surface area (Å²) >= 11 is 3.54. The first-order valence-corrected chi connectivity index (χ1v) is 5.05. The second kappa shape index (κ2) is 5.36. The quantitative estimate of drug-likeness (QED) is 0.487. The van der Waals surface area contributed by atoms with E-state index < -0.39 is 36.8 Å². The highest BCUT2D eigenvalue weighted by Crippen LogP contribution is 2.48. The maximum absolute atomic E-state index is 12.5. The van der Waals surface area contributed by atoms with Crippen LogP contribution in [0.4, 0.5) is 26.3 Å². The fourth-order valence-electron chi connectivity index (χ4n) is 1.18. The molecule has 0 atom stereocenters. The standard InChI is InChI=1S/C8H10F6O2S/c1-5(15)16-6(3-2-4-17,7(9,10)11)8(12,13)14/h17H,2-4H2,1H3. The van der Waals surface area contributed by atoms with Gasteiger partial charge in [0.1, 0.15) is 0 Å². The number of thiol groups is 1. The van der Waals surface area contributed by atoms with E-state index in [4.69, 9.17) is 0 Å². The molecule has 0 N–H and O–H groups in total. The first-order valence-electron chi connectivity index (χ1n) is 4.42. The Morgan fingerprint density at radius 1 is 1.12 bits per heavy atom. The molecule has 0 aliphatic heterocycles. The van der Waals surface area contributed by atoms with Gasteiger partial charge in [-0.3, -0.25) is 4.79 Å². The Kier molecular flexibility index (Phi) is 5.17. The number of rotatable bonds is 4. The highest BCUT2D eigenvalue weighted by atomic mass is 32.1. The third-order valence-corrected chi connectivity index (χ3v) is 2.24. The second-order valence-corrected chi connectivity index (χ2v) is 3.69. The number of hydrogen-bond acceptors (Lipinski definition) is 3. The molecule has 0 saturated heterocycles. The van der Waals surface area contributed by atoms with Crippen molar-refractivity contribution in [3.63, 3.8) is 0 Å². The van der Waals surface area contributed by atoms with Gasteiger partial charge in [-0.2, -0.15) is 39.0 Å². The van der Waals surface area contributed by atoms with E-state index in [9.17, 15) is 31.1 Å². The maximum atomic E-state index is 12.5. The van der Waals surface area contributed by atoms with Gasteiger partial charge >= 0.3 is 23.9 Å². The van der Waals surface area contributed by atoms with Crippen molar-refractivity contribution in [2.24, 2.45) is 0 Å². The summed E-state index contributed by atoms with van der Waals surface area (Å²) in [5.74, 6) is -1.83. The number of hydrogen-bond donors (Lipinski definition) is 1. The molecule has 17 heavy (non-hydrogen) atoms. The van der Waals surface area contributed by atoms with Crippen molar-refractivity contribution in [2.45, 2.75) is 37.7 Å². The van der Waals surface area contributed by atoms with Crippen molar-refractivity contribution in [3.05, 3.63) is 0 Å².